The molecule has 1 aromatic carbocycles. The summed E-state index contributed by atoms with van der Waals surface area (Å²) in [6.45, 7) is 6.39. The van der Waals surface area contributed by atoms with Crippen molar-refractivity contribution in [3.05, 3.63) is 63.4 Å². The summed E-state index contributed by atoms with van der Waals surface area (Å²) in [6.07, 6.45) is 2.15. The van der Waals surface area contributed by atoms with Crippen LogP contribution in [0.3, 0.4) is 0 Å². The van der Waals surface area contributed by atoms with Crippen LogP contribution in [0, 0.1) is 26.6 Å². The van der Waals surface area contributed by atoms with Gasteiger partial charge in [0.25, 0.3) is 0 Å². The Morgan fingerprint density at radius 1 is 1.19 bits per heavy atom. The van der Waals surface area contributed by atoms with Gasteiger partial charge in [-0.2, -0.15) is 10.2 Å². The first kappa shape index (κ1) is 19.3. The second kappa shape index (κ2) is 8.04. The van der Waals surface area contributed by atoms with Gasteiger partial charge >= 0.3 is 0 Å². The van der Waals surface area contributed by atoms with Gasteiger partial charge in [-0.05, 0) is 42.8 Å². The molecule has 3 aromatic rings. The second-order valence-electron chi connectivity index (χ2n) is 6.42. The topological polar surface area (TPSA) is 64.7 Å². The van der Waals surface area contributed by atoms with Gasteiger partial charge in [0.2, 0.25) is 5.91 Å². The Bertz CT molecular complexity index is 959. The number of anilines is 1. The van der Waals surface area contributed by atoms with Gasteiger partial charge in [0, 0.05) is 24.7 Å². The summed E-state index contributed by atoms with van der Waals surface area (Å²) in [4.78, 5) is 12.3. The van der Waals surface area contributed by atoms with Crippen LogP contribution < -0.4 is 5.32 Å². The van der Waals surface area contributed by atoms with Crippen LogP contribution in [-0.2, 0) is 17.9 Å². The van der Waals surface area contributed by atoms with Crippen LogP contribution >= 0.6 is 15.9 Å². The number of nitrogens with one attached hydrogen (secondary N) is 1. The molecule has 0 saturated carbocycles. The number of benzene rings is 1. The molecule has 8 heteroatoms. The van der Waals surface area contributed by atoms with Gasteiger partial charge in [-0.1, -0.05) is 18.2 Å². The van der Waals surface area contributed by atoms with Gasteiger partial charge in [0.15, 0.2) is 0 Å². The lowest BCUT2D eigenvalue weighted by molar-refractivity contribution is -0.116. The van der Waals surface area contributed by atoms with E-state index in [0.29, 0.717) is 36.5 Å². The van der Waals surface area contributed by atoms with Crippen LogP contribution in [0.15, 0.2) is 34.9 Å². The maximum Gasteiger partial charge on any atom is 0.226 e. The molecule has 0 atom stereocenters. The van der Waals surface area contributed by atoms with Crippen LogP contribution in [-0.4, -0.2) is 25.5 Å². The number of halogens is 2. The molecule has 0 aliphatic rings. The zero-order valence-electron chi connectivity index (χ0n) is 15.5. The van der Waals surface area contributed by atoms with Crippen molar-refractivity contribution in [2.24, 2.45) is 0 Å². The summed E-state index contributed by atoms with van der Waals surface area (Å²) in [6, 6.07) is 6.61. The summed E-state index contributed by atoms with van der Waals surface area (Å²) in [5, 5.41) is 11.7. The Hall–Kier alpha value is -2.48. The lowest BCUT2D eigenvalue weighted by Crippen LogP contribution is -2.16. The van der Waals surface area contributed by atoms with Crippen molar-refractivity contribution in [3.8, 4) is 0 Å². The van der Waals surface area contributed by atoms with Gasteiger partial charge < -0.3 is 5.32 Å². The molecular formula is C19H21BrFN5O. The third kappa shape index (κ3) is 4.44. The van der Waals surface area contributed by atoms with Gasteiger partial charge in [-0.25, -0.2) is 4.39 Å². The molecule has 6 nitrogen and oxygen atoms in total. The number of aryl methyl sites for hydroxylation is 3. The van der Waals surface area contributed by atoms with E-state index in [1.807, 2.05) is 27.0 Å². The Kier molecular flexibility index (Phi) is 5.74. The zero-order chi connectivity index (χ0) is 19.6. The second-order valence-corrected chi connectivity index (χ2v) is 7.27. The highest BCUT2D eigenvalue weighted by molar-refractivity contribution is 9.10. The molecule has 0 spiro atoms. The lowest BCUT2D eigenvalue weighted by atomic mass is 10.2. The van der Waals surface area contributed by atoms with Crippen LogP contribution in [0.4, 0.5) is 10.1 Å². The number of amides is 1. The number of rotatable bonds is 6. The van der Waals surface area contributed by atoms with Gasteiger partial charge in [0.05, 0.1) is 33.8 Å². The fourth-order valence-corrected chi connectivity index (χ4v) is 3.16. The molecule has 0 unspecified atom stereocenters. The van der Waals surface area contributed by atoms with E-state index in [-0.39, 0.29) is 11.7 Å². The smallest absolute Gasteiger partial charge is 0.226 e. The van der Waals surface area contributed by atoms with Crippen molar-refractivity contribution in [2.75, 3.05) is 5.32 Å². The van der Waals surface area contributed by atoms with E-state index >= 15 is 0 Å². The Labute approximate surface area is 165 Å². The van der Waals surface area contributed by atoms with Crippen molar-refractivity contribution in [1.29, 1.82) is 0 Å². The molecule has 0 aliphatic heterocycles. The third-order valence-electron chi connectivity index (χ3n) is 4.38. The van der Waals surface area contributed by atoms with Crippen LogP contribution in [0.25, 0.3) is 0 Å². The summed E-state index contributed by atoms with van der Waals surface area (Å²) in [7, 11) is 0. The predicted molar refractivity (Wildman–Crippen MR) is 105 cm³/mol. The maximum absolute atomic E-state index is 13.9. The van der Waals surface area contributed by atoms with E-state index in [1.165, 1.54) is 6.07 Å². The highest BCUT2D eigenvalue weighted by Gasteiger charge is 2.15. The highest BCUT2D eigenvalue weighted by Crippen LogP contribution is 2.21. The van der Waals surface area contributed by atoms with E-state index in [2.05, 4.69) is 31.4 Å². The van der Waals surface area contributed by atoms with Crippen molar-refractivity contribution in [1.82, 2.24) is 19.6 Å². The Balaban J connectivity index is 1.67. The molecule has 1 amide bonds. The fourth-order valence-electron chi connectivity index (χ4n) is 2.85. The fraction of sp³-hybridized carbons (Fsp3) is 0.316. The van der Waals surface area contributed by atoms with Gasteiger partial charge in [0.1, 0.15) is 5.82 Å². The summed E-state index contributed by atoms with van der Waals surface area (Å²) in [5.41, 5.74) is 3.61. The third-order valence-corrected chi connectivity index (χ3v) is 5.16. The van der Waals surface area contributed by atoms with Crippen molar-refractivity contribution < 1.29 is 9.18 Å². The largest absolute Gasteiger partial charge is 0.323 e. The number of aromatic nitrogens is 4. The van der Waals surface area contributed by atoms with Crippen molar-refractivity contribution in [2.45, 2.75) is 40.3 Å². The number of carbonyl (C=O) groups excluding carboxylic acids is 1. The van der Waals surface area contributed by atoms with E-state index in [9.17, 15) is 9.18 Å². The minimum Gasteiger partial charge on any atom is -0.323 e. The average molecular weight is 434 g/mol. The minimum absolute atomic E-state index is 0.115. The van der Waals surface area contributed by atoms with E-state index in [4.69, 9.17) is 0 Å². The number of nitrogens with zero attached hydrogens (tertiary/aromatic N) is 4. The molecule has 142 valence electrons. The normalized spacial score (nSPS) is 11.0. The molecule has 1 N–H and O–H groups in total. The first-order valence-electron chi connectivity index (χ1n) is 8.62. The minimum atomic E-state index is -0.267. The molecule has 3 rings (SSSR count). The molecule has 27 heavy (non-hydrogen) atoms. The number of carbonyl (C=O) groups is 1. The zero-order valence-corrected chi connectivity index (χ0v) is 17.0. The van der Waals surface area contributed by atoms with E-state index < -0.39 is 0 Å². The summed E-state index contributed by atoms with van der Waals surface area (Å²) in [5.74, 6) is -0.382. The summed E-state index contributed by atoms with van der Waals surface area (Å²) >= 11 is 3.41. The Morgan fingerprint density at radius 3 is 2.59 bits per heavy atom. The predicted octanol–water partition coefficient (Wildman–Crippen LogP) is 3.98. The molecule has 0 radical (unpaired) electrons. The lowest BCUT2D eigenvalue weighted by Gasteiger charge is -2.08. The molecule has 0 fully saturated rings. The number of hydrogen-bond donors (Lipinski definition) is 1. The van der Waals surface area contributed by atoms with Crippen LogP contribution in [0.5, 0.6) is 0 Å². The molecule has 0 saturated heterocycles. The molecular weight excluding hydrogens is 413 g/mol. The standard InChI is InChI=1S/C19H21BrFN5O/c1-12-16(20)11-25(23-12)9-8-18(27)22-19-13(2)24-26(14(19)3)10-15-6-4-5-7-17(15)21/h4-7,11H,8-10H2,1-3H3,(H,22,27). The van der Waals surface area contributed by atoms with Gasteiger partial charge in [-0.15, -0.1) is 0 Å². The van der Waals surface area contributed by atoms with E-state index in [1.54, 1.807) is 27.6 Å². The number of hydrogen-bond acceptors (Lipinski definition) is 3. The van der Waals surface area contributed by atoms with Crippen molar-refractivity contribution in [3.63, 3.8) is 0 Å². The SMILES string of the molecule is Cc1nn(CCC(=O)Nc2c(C)nn(Cc3ccccc3F)c2C)cc1Br. The van der Waals surface area contributed by atoms with E-state index in [0.717, 1.165) is 15.9 Å². The highest BCUT2D eigenvalue weighted by atomic mass is 79.9. The quantitative estimate of drug-likeness (QED) is 0.639. The van der Waals surface area contributed by atoms with Crippen LogP contribution in [0.2, 0.25) is 0 Å². The van der Waals surface area contributed by atoms with Crippen LogP contribution in [0.1, 0.15) is 29.1 Å². The first-order chi connectivity index (χ1) is 12.8. The molecule has 0 aliphatic carbocycles. The molecule has 2 aromatic heterocycles. The van der Waals surface area contributed by atoms with Crippen molar-refractivity contribution >= 4 is 27.5 Å². The summed E-state index contributed by atoms with van der Waals surface area (Å²) < 4.78 is 18.3. The first-order valence-corrected chi connectivity index (χ1v) is 9.41. The van der Waals surface area contributed by atoms with Gasteiger partial charge in [-0.3, -0.25) is 14.2 Å². The average Bonchev–Trinajstić information content (AvgIpc) is 3.08. The molecule has 2 heterocycles. The Morgan fingerprint density at radius 2 is 1.93 bits per heavy atom. The molecule has 0 bridgehead atoms. The maximum atomic E-state index is 13.9. The monoisotopic (exact) mass is 433 g/mol.